The van der Waals surface area contributed by atoms with Crippen molar-refractivity contribution in [1.82, 2.24) is 148 Å². The molecule has 0 amide bonds. The molecule has 1 unspecified atom stereocenters. The average Bonchev–Trinajstić information content (AvgIpc) is 1.67. The van der Waals surface area contributed by atoms with Gasteiger partial charge in [-0.25, -0.2) is 72.4 Å². The fourth-order valence-electron chi connectivity index (χ4n) is 21.5. The third-order valence-electron chi connectivity index (χ3n) is 29.3. The van der Waals surface area contributed by atoms with E-state index >= 15 is 0 Å². The molecular formula is C114H128N30O. The van der Waals surface area contributed by atoms with Crippen molar-refractivity contribution in [3.05, 3.63) is 272 Å². The van der Waals surface area contributed by atoms with Gasteiger partial charge in [0.25, 0.3) is 0 Å². The number of aryl methyl sites for hydroxylation is 10. The highest BCUT2D eigenvalue weighted by Crippen LogP contribution is 2.40. The molecule has 1 aliphatic heterocycles. The molecule has 0 bridgehead atoms. The summed E-state index contributed by atoms with van der Waals surface area (Å²) in [5, 5.41) is 21.4. The molecule has 5 aliphatic rings. The molecule has 0 radical (unpaired) electrons. The van der Waals surface area contributed by atoms with Crippen LogP contribution in [0.4, 0.5) is 0 Å². The number of fused-ring (bicyclic) bond motifs is 5. The van der Waals surface area contributed by atoms with Gasteiger partial charge in [-0.15, -0.1) is 0 Å². The molecule has 0 aromatic carbocycles. The predicted molar refractivity (Wildman–Crippen MR) is 564 cm³/mol. The van der Waals surface area contributed by atoms with Crippen LogP contribution in [0.15, 0.2) is 214 Å². The maximum absolute atomic E-state index is 5.63. The van der Waals surface area contributed by atoms with Crippen LogP contribution < -0.4 is 0 Å². The standard InChI is InChI=1S/C24H28N6.2C23H26N6.C22H24N6O.C22H24N6/c1-17-7-6-10-20(27-17)24-23(19-12-14-22-25-16-26-30(22)15-19)28-21(29-24)13-11-18-8-4-2-3-5-9-18;2*1-16-6-5-9-19(26-16)23-22(18-11-13-21-24-15-25-29(21)14-18)27-20(28-23)12-10-17-7-3-2-4-8-17;1-15-4-2-6-18(25-15)22-21(17-8-10-20-23-14-24-28(20)12-17)26-19(27-22)9-7-16-5-3-11-29-13-16;1-15-5-4-8-18(25-15)22-21(17-10-12-20-23-14-24-28(20)13-17)26-19(27-22)11-9-16-6-2-3-7-16/h6-7,10,12,14-16,18H,2-5,8-9,11,13H2,1H3,(H,28,29);2*5-6,9,11,13-15,17H,2-4,7-8,10,12H2,1H3,(H,27,28);2,4,6,8,10,12,14,16H,3,5,7,9,11,13H2,1H3,(H,26,27);4-5,8,10,12-14,16H,2-3,6-7,9,11H2,1H3,(H,26,27). The van der Waals surface area contributed by atoms with Crippen LogP contribution in [0.3, 0.4) is 0 Å². The maximum atomic E-state index is 5.63. The highest BCUT2D eigenvalue weighted by Gasteiger charge is 2.28. The zero-order valence-electron chi connectivity index (χ0n) is 83.7. The first-order valence-electron chi connectivity index (χ1n) is 52.5. The highest BCUT2D eigenvalue weighted by atomic mass is 16.5. The minimum Gasteiger partial charge on any atom is -0.381 e. The van der Waals surface area contributed by atoms with Gasteiger partial charge in [-0.2, -0.15) is 25.5 Å². The van der Waals surface area contributed by atoms with Gasteiger partial charge in [0, 0.05) is 133 Å². The Bertz CT molecular complexity index is 7260. The van der Waals surface area contributed by atoms with Gasteiger partial charge < -0.3 is 29.7 Å². The molecule has 20 aromatic heterocycles. The van der Waals surface area contributed by atoms with E-state index in [2.05, 4.69) is 99.6 Å². The molecule has 31 nitrogen and oxygen atoms in total. The summed E-state index contributed by atoms with van der Waals surface area (Å²) in [7, 11) is 0. The maximum Gasteiger partial charge on any atom is 0.155 e. The summed E-state index contributed by atoms with van der Waals surface area (Å²) >= 11 is 0. The van der Waals surface area contributed by atoms with Crippen LogP contribution in [0.1, 0.15) is 231 Å². The minimum atomic E-state index is 0.615. The second-order valence-electron chi connectivity index (χ2n) is 40.1. The number of hydrogen-bond donors (Lipinski definition) is 5. The second kappa shape index (κ2) is 45.6. The zero-order chi connectivity index (χ0) is 98.2. The number of pyridine rings is 10. The van der Waals surface area contributed by atoms with Crippen LogP contribution in [-0.2, 0) is 36.8 Å². The topological polar surface area (TPSA) is 368 Å². The lowest BCUT2D eigenvalue weighted by molar-refractivity contribution is 0.0517. The van der Waals surface area contributed by atoms with Crippen LogP contribution in [0.2, 0.25) is 0 Å². The van der Waals surface area contributed by atoms with Gasteiger partial charge in [0.15, 0.2) is 28.2 Å². The fraction of sp³-hybridized carbons (Fsp3) is 0.386. The molecule has 21 heterocycles. The van der Waals surface area contributed by atoms with E-state index in [0.717, 1.165) is 281 Å². The van der Waals surface area contributed by atoms with Gasteiger partial charge in [-0.1, -0.05) is 159 Å². The van der Waals surface area contributed by atoms with E-state index in [4.69, 9.17) is 54.6 Å². The highest BCUT2D eigenvalue weighted by molar-refractivity contribution is 5.82. The Balaban J connectivity index is 0.000000107. The summed E-state index contributed by atoms with van der Waals surface area (Å²) in [5.41, 5.74) is 28.3. The van der Waals surface area contributed by atoms with E-state index in [0.29, 0.717) is 5.92 Å². The lowest BCUT2D eigenvalue weighted by atomic mass is 9.86. The number of ether oxygens (including phenoxy) is 1. The number of nitrogens with one attached hydrogen (secondary N) is 5. The van der Waals surface area contributed by atoms with Crippen LogP contribution in [0.25, 0.3) is 141 Å². The van der Waals surface area contributed by atoms with Crippen LogP contribution in [-0.4, -0.2) is 161 Å². The van der Waals surface area contributed by atoms with Crippen molar-refractivity contribution in [2.24, 2.45) is 29.6 Å². The lowest BCUT2D eigenvalue weighted by Gasteiger charge is -2.21. The number of hydrogen-bond acceptors (Lipinski definition) is 21. The Morgan fingerprint density at radius 3 is 0.676 bits per heavy atom. The Kier molecular flexibility index (Phi) is 30.2. The van der Waals surface area contributed by atoms with Gasteiger partial charge in [-0.05, 0) is 230 Å². The molecule has 1 atom stereocenters. The number of rotatable bonds is 25. The summed E-state index contributed by atoms with van der Waals surface area (Å²) < 4.78 is 14.6. The molecule has 31 heteroatoms. The normalized spacial score (nSPS) is 15.6. The van der Waals surface area contributed by atoms with Crippen molar-refractivity contribution >= 4 is 28.2 Å². The second-order valence-corrected chi connectivity index (χ2v) is 40.1. The Hall–Kier alpha value is -15.1. The molecule has 145 heavy (non-hydrogen) atoms. The molecule has 740 valence electrons. The molecule has 25 rings (SSSR count). The smallest absolute Gasteiger partial charge is 0.155 e. The third kappa shape index (κ3) is 23.9. The number of nitrogens with zero attached hydrogens (tertiary/aromatic N) is 25. The van der Waals surface area contributed by atoms with Crippen molar-refractivity contribution in [3.63, 3.8) is 0 Å². The van der Waals surface area contributed by atoms with E-state index < -0.39 is 0 Å². The van der Waals surface area contributed by atoms with E-state index in [1.54, 1.807) is 54.2 Å². The van der Waals surface area contributed by atoms with Crippen LogP contribution in [0.5, 0.6) is 0 Å². The van der Waals surface area contributed by atoms with Gasteiger partial charge in [0.2, 0.25) is 0 Å². The predicted octanol–water partition coefficient (Wildman–Crippen LogP) is 23.9. The van der Waals surface area contributed by atoms with Gasteiger partial charge in [0.1, 0.15) is 60.8 Å². The molecule has 4 aliphatic carbocycles. The molecule has 20 aromatic rings. The number of imidazole rings is 5. The Morgan fingerprint density at radius 1 is 0.241 bits per heavy atom. The quantitative estimate of drug-likeness (QED) is 0.0332. The summed E-state index contributed by atoms with van der Waals surface area (Å²) in [4.78, 5) is 87.8. The van der Waals surface area contributed by atoms with Gasteiger partial charge >= 0.3 is 0 Å². The largest absolute Gasteiger partial charge is 0.381 e. The van der Waals surface area contributed by atoms with Crippen molar-refractivity contribution in [2.75, 3.05) is 13.2 Å². The SMILES string of the molecule is Cc1cccc(-c2[nH]c(CCC3CCCC3)nc2-c2ccc3ncnn3c2)n1.Cc1cccc(-c2[nH]c(CCC3CCCCC3)nc2-c2ccc3ncnn3c2)n1.Cc1cccc(-c2[nH]c(CCC3CCCCC3)nc2-c2ccc3ncnn3c2)n1.Cc1cccc(-c2[nH]c(CCC3CCCCCC3)nc2-c2ccc3ncnn3c2)n1.Cc1cccc(-c2[nH]c(CCC3CCCOC3)nc2-c2ccc3ncnn3c2)n1. The Labute approximate surface area is 843 Å². The van der Waals surface area contributed by atoms with E-state index in [1.165, 1.54) is 161 Å². The monoisotopic (exact) mass is 1930 g/mol. The first-order valence-corrected chi connectivity index (χ1v) is 52.5. The number of H-pyrrole nitrogens is 5. The average molecular weight is 1930 g/mol. The van der Waals surface area contributed by atoms with E-state index in [9.17, 15) is 0 Å². The summed E-state index contributed by atoms with van der Waals surface area (Å²) in [6.07, 6.45) is 58.4. The van der Waals surface area contributed by atoms with Crippen LogP contribution >= 0.6 is 0 Å². The summed E-state index contributed by atoms with van der Waals surface area (Å²) in [5.74, 6) is 9.13. The van der Waals surface area contributed by atoms with Gasteiger partial charge in [-0.3, -0.25) is 24.9 Å². The lowest BCUT2D eigenvalue weighted by Crippen LogP contribution is -2.17. The first-order chi connectivity index (χ1) is 71.3. The van der Waals surface area contributed by atoms with Crippen molar-refractivity contribution in [3.8, 4) is 113 Å². The van der Waals surface area contributed by atoms with Gasteiger partial charge in [0.05, 0.1) is 85.4 Å². The minimum absolute atomic E-state index is 0.615. The zero-order valence-corrected chi connectivity index (χ0v) is 83.7. The molecule has 5 N–H and O–H groups in total. The molecule has 1 saturated heterocycles. The molecule has 5 fully saturated rings. The summed E-state index contributed by atoms with van der Waals surface area (Å²) in [6.45, 7) is 11.8. The van der Waals surface area contributed by atoms with Crippen molar-refractivity contribution in [2.45, 2.75) is 240 Å². The molecule has 0 spiro atoms. The third-order valence-corrected chi connectivity index (χ3v) is 29.3. The number of aromatic amines is 5. The number of aromatic nitrogens is 30. The van der Waals surface area contributed by atoms with Crippen molar-refractivity contribution in [1.29, 1.82) is 0 Å². The molecular weight excluding hydrogens is 1810 g/mol. The van der Waals surface area contributed by atoms with E-state index in [-0.39, 0.29) is 0 Å². The van der Waals surface area contributed by atoms with Crippen LogP contribution in [0, 0.1) is 64.2 Å². The van der Waals surface area contributed by atoms with Crippen molar-refractivity contribution < 1.29 is 4.74 Å². The van der Waals surface area contributed by atoms with E-state index in [1.807, 2.05) is 193 Å². The first kappa shape index (κ1) is 96.0. The molecule has 4 saturated carbocycles. The summed E-state index contributed by atoms with van der Waals surface area (Å²) in [6, 6.07) is 50.7. The Morgan fingerprint density at radius 2 is 0.455 bits per heavy atom. The fourth-order valence-corrected chi connectivity index (χ4v) is 21.5.